The van der Waals surface area contributed by atoms with Crippen LogP contribution in [0.25, 0.3) is 11.1 Å². The Morgan fingerprint density at radius 3 is 2.63 bits per heavy atom. The molecule has 6 heteroatoms. The van der Waals surface area contributed by atoms with Crippen LogP contribution < -0.4 is 10.1 Å². The van der Waals surface area contributed by atoms with Gasteiger partial charge in [0.2, 0.25) is 0 Å². The van der Waals surface area contributed by atoms with Crippen LogP contribution in [0.3, 0.4) is 0 Å². The third kappa shape index (κ3) is 4.83. The first-order chi connectivity index (χ1) is 14.7. The summed E-state index contributed by atoms with van der Waals surface area (Å²) >= 11 is 0. The molecule has 1 saturated heterocycles. The topological polar surface area (TPSA) is 67.3 Å². The monoisotopic (exact) mass is 402 g/mol. The lowest BCUT2D eigenvalue weighted by atomic mass is 10.0. The number of hydrogen-bond donors (Lipinski definition) is 1. The molecule has 1 unspecified atom stereocenters. The summed E-state index contributed by atoms with van der Waals surface area (Å²) < 4.78 is 5.32. The summed E-state index contributed by atoms with van der Waals surface area (Å²) in [5.41, 5.74) is 3.96. The minimum absolute atomic E-state index is 0.0752. The minimum atomic E-state index is -0.0752. The molecule has 1 aliphatic heterocycles. The van der Waals surface area contributed by atoms with Gasteiger partial charge in [0.25, 0.3) is 5.91 Å². The van der Waals surface area contributed by atoms with Crippen molar-refractivity contribution in [3.05, 3.63) is 78.4 Å². The Kier molecular flexibility index (Phi) is 6.35. The number of methoxy groups -OCH3 is 1. The van der Waals surface area contributed by atoms with E-state index in [0.29, 0.717) is 11.3 Å². The maximum absolute atomic E-state index is 12.7. The third-order valence-corrected chi connectivity index (χ3v) is 5.45. The molecule has 1 aliphatic rings. The normalized spacial score (nSPS) is 16.8. The van der Waals surface area contributed by atoms with Gasteiger partial charge in [-0.05, 0) is 42.6 Å². The van der Waals surface area contributed by atoms with Gasteiger partial charge in [0, 0.05) is 37.1 Å². The fourth-order valence-corrected chi connectivity index (χ4v) is 3.92. The van der Waals surface area contributed by atoms with Crippen LogP contribution in [0.5, 0.6) is 5.75 Å². The summed E-state index contributed by atoms with van der Waals surface area (Å²) in [5.74, 6) is 0.528. The van der Waals surface area contributed by atoms with Gasteiger partial charge in [-0.15, -0.1) is 0 Å². The van der Waals surface area contributed by atoms with E-state index < -0.39 is 0 Å². The van der Waals surface area contributed by atoms with Crippen molar-refractivity contribution in [3.63, 3.8) is 0 Å². The van der Waals surface area contributed by atoms with E-state index in [1.54, 1.807) is 13.2 Å². The highest BCUT2D eigenvalue weighted by Gasteiger charge is 2.23. The van der Waals surface area contributed by atoms with Crippen LogP contribution >= 0.6 is 0 Å². The standard InChI is InChI=1S/C24H26N4O2/c1-30-23-7-3-2-6-22(23)24(29)27-21-5-4-12-28(16-21)15-18-8-10-19(11-9-18)20-13-25-17-26-14-20/h2-3,6-11,13-14,17,21H,4-5,12,15-16H2,1H3,(H,27,29). The zero-order valence-corrected chi connectivity index (χ0v) is 17.1. The number of carbonyl (C=O) groups excluding carboxylic acids is 1. The fraction of sp³-hybridized carbons (Fsp3) is 0.292. The Bertz CT molecular complexity index is 976. The molecule has 154 valence electrons. The van der Waals surface area contributed by atoms with Crippen LogP contribution in [0, 0.1) is 0 Å². The average Bonchev–Trinajstić information content (AvgIpc) is 2.80. The second kappa shape index (κ2) is 9.50. The van der Waals surface area contributed by atoms with Crippen molar-refractivity contribution in [3.8, 4) is 16.9 Å². The van der Waals surface area contributed by atoms with Gasteiger partial charge in [-0.2, -0.15) is 0 Å². The molecule has 0 spiro atoms. The highest BCUT2D eigenvalue weighted by molar-refractivity contribution is 5.97. The number of carbonyl (C=O) groups is 1. The smallest absolute Gasteiger partial charge is 0.255 e. The van der Waals surface area contributed by atoms with Gasteiger partial charge in [-0.1, -0.05) is 36.4 Å². The highest BCUT2D eigenvalue weighted by atomic mass is 16.5. The first-order valence-corrected chi connectivity index (χ1v) is 10.2. The molecule has 1 fully saturated rings. The zero-order chi connectivity index (χ0) is 20.8. The molecule has 6 nitrogen and oxygen atoms in total. The van der Waals surface area contributed by atoms with Crippen molar-refractivity contribution in [1.82, 2.24) is 20.2 Å². The van der Waals surface area contributed by atoms with E-state index in [0.717, 1.165) is 43.6 Å². The van der Waals surface area contributed by atoms with Gasteiger partial charge in [0.05, 0.1) is 12.7 Å². The number of nitrogens with zero attached hydrogens (tertiary/aromatic N) is 3. The van der Waals surface area contributed by atoms with E-state index in [1.165, 1.54) is 11.9 Å². The molecule has 2 aromatic carbocycles. The lowest BCUT2D eigenvalue weighted by Crippen LogP contribution is -2.47. The maximum atomic E-state index is 12.7. The molecule has 0 radical (unpaired) electrons. The van der Waals surface area contributed by atoms with Crippen LogP contribution in [0.2, 0.25) is 0 Å². The Morgan fingerprint density at radius 1 is 1.10 bits per heavy atom. The molecule has 4 rings (SSSR count). The molecule has 3 aromatic rings. The van der Waals surface area contributed by atoms with Crippen molar-refractivity contribution < 1.29 is 9.53 Å². The van der Waals surface area contributed by atoms with Crippen LogP contribution in [0.15, 0.2) is 67.3 Å². The number of amides is 1. The second-order valence-electron chi connectivity index (χ2n) is 7.57. The SMILES string of the molecule is COc1ccccc1C(=O)NC1CCCN(Cc2ccc(-c3cncnc3)cc2)C1. The Morgan fingerprint density at radius 2 is 1.87 bits per heavy atom. The summed E-state index contributed by atoms with van der Waals surface area (Å²) in [7, 11) is 1.59. The molecule has 30 heavy (non-hydrogen) atoms. The molecule has 1 atom stereocenters. The van der Waals surface area contributed by atoms with E-state index in [4.69, 9.17) is 4.74 Å². The number of hydrogen-bond acceptors (Lipinski definition) is 5. The van der Waals surface area contributed by atoms with Gasteiger partial charge in [0.15, 0.2) is 0 Å². The van der Waals surface area contributed by atoms with Crippen molar-refractivity contribution in [1.29, 1.82) is 0 Å². The van der Waals surface area contributed by atoms with Crippen LogP contribution in [-0.2, 0) is 6.54 Å². The summed E-state index contributed by atoms with van der Waals surface area (Å²) in [4.78, 5) is 23.3. The maximum Gasteiger partial charge on any atom is 0.255 e. The molecule has 2 heterocycles. The largest absolute Gasteiger partial charge is 0.496 e. The van der Waals surface area contributed by atoms with E-state index >= 15 is 0 Å². The van der Waals surface area contributed by atoms with E-state index in [9.17, 15) is 4.79 Å². The highest BCUT2D eigenvalue weighted by Crippen LogP contribution is 2.21. The minimum Gasteiger partial charge on any atom is -0.496 e. The molecule has 0 aliphatic carbocycles. The van der Waals surface area contributed by atoms with Gasteiger partial charge < -0.3 is 10.1 Å². The number of rotatable bonds is 6. The van der Waals surface area contributed by atoms with Crippen molar-refractivity contribution in [2.75, 3.05) is 20.2 Å². The molecule has 0 saturated carbocycles. The van der Waals surface area contributed by atoms with Crippen molar-refractivity contribution in [2.24, 2.45) is 0 Å². The number of benzene rings is 2. The van der Waals surface area contributed by atoms with Crippen molar-refractivity contribution in [2.45, 2.75) is 25.4 Å². The number of nitrogens with one attached hydrogen (secondary N) is 1. The van der Waals surface area contributed by atoms with Crippen LogP contribution in [0.4, 0.5) is 0 Å². The summed E-state index contributed by atoms with van der Waals surface area (Å²) in [6.07, 6.45) is 7.24. The lowest BCUT2D eigenvalue weighted by molar-refractivity contribution is 0.0898. The number of ether oxygens (including phenoxy) is 1. The second-order valence-corrected chi connectivity index (χ2v) is 7.57. The van der Waals surface area contributed by atoms with Crippen LogP contribution in [-0.4, -0.2) is 47.0 Å². The first-order valence-electron chi connectivity index (χ1n) is 10.2. The summed E-state index contributed by atoms with van der Waals surface area (Å²) in [5, 5.41) is 3.18. The Hall–Kier alpha value is -3.25. The first kappa shape index (κ1) is 20.0. The molecular formula is C24H26N4O2. The summed E-state index contributed by atoms with van der Waals surface area (Å²) in [6, 6.07) is 16.0. The average molecular weight is 402 g/mol. The quantitative estimate of drug-likeness (QED) is 0.683. The van der Waals surface area contributed by atoms with E-state index in [-0.39, 0.29) is 11.9 Å². The Balaban J connectivity index is 1.35. The molecular weight excluding hydrogens is 376 g/mol. The van der Waals surface area contributed by atoms with E-state index in [2.05, 4.69) is 44.5 Å². The third-order valence-electron chi connectivity index (χ3n) is 5.45. The number of para-hydroxylation sites is 1. The predicted octanol–water partition coefficient (Wildman–Crippen LogP) is 3.55. The summed E-state index contributed by atoms with van der Waals surface area (Å²) in [6.45, 7) is 2.75. The molecule has 1 amide bonds. The molecule has 1 aromatic heterocycles. The van der Waals surface area contributed by atoms with E-state index in [1.807, 2.05) is 30.6 Å². The fourth-order valence-electron chi connectivity index (χ4n) is 3.92. The molecule has 1 N–H and O–H groups in total. The number of likely N-dealkylation sites (tertiary alicyclic amines) is 1. The van der Waals surface area contributed by atoms with Gasteiger partial charge in [-0.3, -0.25) is 9.69 Å². The van der Waals surface area contributed by atoms with Gasteiger partial charge in [0.1, 0.15) is 12.1 Å². The number of aromatic nitrogens is 2. The van der Waals surface area contributed by atoms with Gasteiger partial charge >= 0.3 is 0 Å². The number of piperidine rings is 1. The van der Waals surface area contributed by atoms with Crippen molar-refractivity contribution >= 4 is 5.91 Å². The Labute approximate surface area is 176 Å². The zero-order valence-electron chi connectivity index (χ0n) is 17.1. The van der Waals surface area contributed by atoms with Crippen LogP contribution in [0.1, 0.15) is 28.8 Å². The lowest BCUT2D eigenvalue weighted by Gasteiger charge is -2.33. The molecule has 0 bridgehead atoms. The van der Waals surface area contributed by atoms with Gasteiger partial charge in [-0.25, -0.2) is 9.97 Å². The predicted molar refractivity (Wildman–Crippen MR) is 116 cm³/mol.